The van der Waals surface area contributed by atoms with Crippen LogP contribution in [0.3, 0.4) is 0 Å². The Morgan fingerprint density at radius 1 is 1.07 bits per heavy atom. The van der Waals surface area contributed by atoms with Crippen molar-refractivity contribution in [3.8, 4) is 0 Å². The SMILES string of the molecule is Cc1c(C(Cc2ccc(F)c(F)c2)[P+](O)(OC(C)C)OC(C)C)sc2ncccc12. The first kappa shape index (κ1) is 23.2. The molecule has 4 nitrogen and oxygen atoms in total. The minimum Gasteiger partial charge on any atom is -0.245 e. The van der Waals surface area contributed by atoms with Crippen LogP contribution in [0.4, 0.5) is 8.78 Å². The van der Waals surface area contributed by atoms with Crippen molar-refractivity contribution in [2.75, 3.05) is 0 Å². The summed E-state index contributed by atoms with van der Waals surface area (Å²) in [4.78, 5) is 17.9. The van der Waals surface area contributed by atoms with Gasteiger partial charge in [-0.1, -0.05) is 12.1 Å². The Morgan fingerprint density at radius 3 is 2.30 bits per heavy atom. The lowest BCUT2D eigenvalue weighted by atomic mass is 10.1. The molecule has 3 rings (SSSR count). The van der Waals surface area contributed by atoms with Gasteiger partial charge in [-0.15, -0.1) is 11.3 Å². The highest BCUT2D eigenvalue weighted by atomic mass is 32.1. The fraction of sp³-hybridized carbons (Fsp3) is 0.409. The van der Waals surface area contributed by atoms with Crippen LogP contribution >= 0.6 is 19.3 Å². The summed E-state index contributed by atoms with van der Waals surface area (Å²) >= 11 is 1.47. The molecule has 3 aromatic rings. The number of hydrogen-bond donors (Lipinski definition) is 1. The second-order valence-corrected chi connectivity index (χ2v) is 11.0. The molecular weight excluding hydrogens is 427 g/mol. The molecule has 1 N–H and O–H groups in total. The summed E-state index contributed by atoms with van der Waals surface area (Å²) in [5.41, 5.74) is 0.974. The number of fused-ring (bicyclic) bond motifs is 1. The lowest BCUT2D eigenvalue weighted by Gasteiger charge is -2.28. The zero-order chi connectivity index (χ0) is 22.1. The molecule has 0 radical (unpaired) electrons. The van der Waals surface area contributed by atoms with Crippen molar-refractivity contribution in [2.24, 2.45) is 0 Å². The van der Waals surface area contributed by atoms with Crippen LogP contribution in [0.2, 0.25) is 0 Å². The molecule has 162 valence electrons. The van der Waals surface area contributed by atoms with E-state index in [1.54, 1.807) is 6.20 Å². The highest BCUT2D eigenvalue weighted by Gasteiger charge is 2.54. The predicted molar refractivity (Wildman–Crippen MR) is 119 cm³/mol. The summed E-state index contributed by atoms with van der Waals surface area (Å²) in [7, 11) is -3.42. The van der Waals surface area contributed by atoms with Gasteiger partial charge in [-0.2, -0.15) is 13.9 Å². The molecule has 0 aliphatic rings. The Labute approximate surface area is 180 Å². The van der Waals surface area contributed by atoms with E-state index in [0.717, 1.165) is 26.7 Å². The van der Waals surface area contributed by atoms with Gasteiger partial charge in [0.2, 0.25) is 0 Å². The van der Waals surface area contributed by atoms with Crippen molar-refractivity contribution in [1.29, 1.82) is 0 Å². The van der Waals surface area contributed by atoms with Gasteiger partial charge in [-0.3, -0.25) is 0 Å². The maximum absolute atomic E-state index is 13.9. The number of rotatable bonds is 8. The Morgan fingerprint density at radius 2 is 1.73 bits per heavy atom. The fourth-order valence-corrected chi connectivity index (χ4v) is 7.59. The van der Waals surface area contributed by atoms with Gasteiger partial charge in [0.1, 0.15) is 17.0 Å². The Hall–Kier alpha value is -1.50. The minimum atomic E-state index is -3.42. The van der Waals surface area contributed by atoms with Crippen molar-refractivity contribution in [1.82, 2.24) is 4.98 Å². The molecule has 1 unspecified atom stereocenters. The van der Waals surface area contributed by atoms with Gasteiger partial charge in [0.25, 0.3) is 0 Å². The number of thiophene rings is 1. The summed E-state index contributed by atoms with van der Waals surface area (Å²) in [6.45, 7) is 9.32. The van der Waals surface area contributed by atoms with E-state index in [2.05, 4.69) is 4.98 Å². The molecule has 0 saturated heterocycles. The van der Waals surface area contributed by atoms with E-state index in [0.29, 0.717) is 5.56 Å². The zero-order valence-corrected chi connectivity index (χ0v) is 19.4. The van der Waals surface area contributed by atoms with Gasteiger partial charge in [0.05, 0.1) is 4.88 Å². The van der Waals surface area contributed by atoms with Crippen molar-refractivity contribution < 1.29 is 22.7 Å². The average molecular weight is 454 g/mol. The lowest BCUT2D eigenvalue weighted by molar-refractivity contribution is 0.111. The monoisotopic (exact) mass is 454 g/mol. The third-order valence-electron chi connectivity index (χ3n) is 4.58. The molecule has 0 saturated carbocycles. The Kier molecular flexibility index (Phi) is 7.20. The van der Waals surface area contributed by atoms with Gasteiger partial charge < -0.3 is 0 Å². The van der Waals surface area contributed by atoms with Crippen LogP contribution in [-0.4, -0.2) is 22.1 Å². The third-order valence-corrected chi connectivity index (χ3v) is 8.76. The first-order valence-electron chi connectivity index (χ1n) is 9.87. The third kappa shape index (κ3) is 5.04. The second-order valence-electron chi connectivity index (χ2n) is 7.79. The van der Waals surface area contributed by atoms with E-state index < -0.39 is 25.2 Å². The number of benzene rings is 1. The molecule has 0 spiro atoms. The number of aryl methyl sites for hydroxylation is 1. The summed E-state index contributed by atoms with van der Waals surface area (Å²) in [6.07, 6.45) is 1.42. The molecule has 0 amide bonds. The largest absolute Gasteiger partial charge is 0.418 e. The average Bonchev–Trinajstić information content (AvgIpc) is 2.98. The molecule has 0 aliphatic carbocycles. The first-order valence-corrected chi connectivity index (χ1v) is 12.3. The molecule has 8 heteroatoms. The topological polar surface area (TPSA) is 51.6 Å². The van der Waals surface area contributed by atoms with Gasteiger partial charge in [-0.05, 0) is 63.9 Å². The fourth-order valence-electron chi connectivity index (χ4n) is 3.41. The number of halogens is 2. The standard InChI is InChI=1S/C22H27F2NO3PS/c1-13(2)27-29(26,28-14(3)4)20(12-16-8-9-18(23)19(24)11-16)21-15(5)17-7-6-10-25-22(17)30-21/h6-11,13-14,20,26H,12H2,1-5H3/q+1. The number of nitrogens with zero attached hydrogens (tertiary/aromatic N) is 1. The summed E-state index contributed by atoms with van der Waals surface area (Å²) < 4.78 is 39.4. The molecule has 1 atom stereocenters. The van der Waals surface area contributed by atoms with Crippen LogP contribution in [0.25, 0.3) is 10.2 Å². The Balaban J connectivity index is 2.15. The van der Waals surface area contributed by atoms with Crippen molar-refractivity contribution >= 4 is 29.5 Å². The highest BCUT2D eigenvalue weighted by molar-refractivity contribution is 7.61. The van der Waals surface area contributed by atoms with Crippen LogP contribution in [0.15, 0.2) is 36.5 Å². The minimum absolute atomic E-state index is 0.245. The van der Waals surface area contributed by atoms with E-state index in [1.165, 1.54) is 23.5 Å². The van der Waals surface area contributed by atoms with Crippen LogP contribution in [0.5, 0.6) is 0 Å². The van der Waals surface area contributed by atoms with Crippen molar-refractivity contribution in [3.63, 3.8) is 0 Å². The van der Waals surface area contributed by atoms with E-state index in [9.17, 15) is 13.7 Å². The van der Waals surface area contributed by atoms with Crippen molar-refractivity contribution in [3.05, 3.63) is 64.2 Å². The molecule has 1 aromatic carbocycles. The molecule has 0 bridgehead atoms. The van der Waals surface area contributed by atoms with Gasteiger partial charge in [0.15, 0.2) is 17.3 Å². The quantitative estimate of drug-likeness (QED) is 0.382. The summed E-state index contributed by atoms with van der Waals surface area (Å²) in [5, 5.41) is 0.994. The molecule has 2 aromatic heterocycles. The molecule has 0 aliphatic heterocycles. The van der Waals surface area contributed by atoms with Crippen LogP contribution in [-0.2, 0) is 15.5 Å². The lowest BCUT2D eigenvalue weighted by Crippen LogP contribution is -2.20. The summed E-state index contributed by atoms with van der Waals surface area (Å²) in [5.74, 6) is -1.82. The second kappa shape index (κ2) is 9.33. The van der Waals surface area contributed by atoms with Crippen LogP contribution in [0.1, 0.15) is 49.4 Å². The number of aromatic nitrogens is 1. The number of pyridine rings is 1. The smallest absolute Gasteiger partial charge is 0.245 e. The van der Waals surface area contributed by atoms with E-state index >= 15 is 0 Å². The predicted octanol–water partition coefficient (Wildman–Crippen LogP) is 6.77. The van der Waals surface area contributed by atoms with Crippen LogP contribution < -0.4 is 0 Å². The van der Waals surface area contributed by atoms with E-state index in [1.807, 2.05) is 46.8 Å². The maximum atomic E-state index is 13.9. The molecule has 0 fully saturated rings. The molecular formula is C22H27F2NO3PS+. The van der Waals surface area contributed by atoms with Gasteiger partial charge in [0, 0.05) is 18.0 Å². The van der Waals surface area contributed by atoms with E-state index in [4.69, 9.17) is 9.05 Å². The highest BCUT2D eigenvalue weighted by Crippen LogP contribution is 2.71. The van der Waals surface area contributed by atoms with Crippen LogP contribution in [0, 0.1) is 18.6 Å². The molecule has 30 heavy (non-hydrogen) atoms. The van der Waals surface area contributed by atoms with Gasteiger partial charge >= 0.3 is 7.94 Å². The van der Waals surface area contributed by atoms with E-state index in [-0.39, 0.29) is 18.6 Å². The molecule has 2 heterocycles. The zero-order valence-electron chi connectivity index (χ0n) is 17.7. The number of hydrogen-bond acceptors (Lipinski definition) is 5. The van der Waals surface area contributed by atoms with Crippen molar-refractivity contribution in [2.45, 2.75) is 58.9 Å². The Bertz CT molecular complexity index is 1010. The maximum Gasteiger partial charge on any atom is 0.418 e. The normalized spacial score (nSPS) is 13.5. The first-order chi connectivity index (χ1) is 14.1. The summed E-state index contributed by atoms with van der Waals surface area (Å²) in [6, 6.07) is 7.65. The van der Waals surface area contributed by atoms with Gasteiger partial charge in [-0.25, -0.2) is 13.8 Å².